The number of carbonyl (C=O) groups excluding carboxylic acids is 2. The highest BCUT2D eigenvalue weighted by atomic mass is 16.2. The number of amides is 2. The first-order chi connectivity index (χ1) is 10.3. The molecule has 0 radical (unpaired) electrons. The van der Waals surface area contributed by atoms with Gasteiger partial charge in [0.1, 0.15) is 0 Å². The molecule has 0 saturated heterocycles. The molecule has 1 aliphatic carbocycles. The summed E-state index contributed by atoms with van der Waals surface area (Å²) in [5.41, 5.74) is 5.80. The van der Waals surface area contributed by atoms with Crippen LogP contribution in [0.15, 0.2) is 0 Å². The average Bonchev–Trinajstić information content (AvgIpc) is 2.50. The van der Waals surface area contributed by atoms with Crippen molar-refractivity contribution in [1.29, 1.82) is 0 Å². The smallest absolute Gasteiger partial charge is 0.239 e. The van der Waals surface area contributed by atoms with Crippen LogP contribution in [0.3, 0.4) is 0 Å². The molecule has 0 aromatic carbocycles. The fourth-order valence-corrected chi connectivity index (χ4v) is 2.91. The maximum atomic E-state index is 12.0. The van der Waals surface area contributed by atoms with Gasteiger partial charge in [-0.1, -0.05) is 33.1 Å². The zero-order chi connectivity index (χ0) is 16.8. The molecule has 6 nitrogen and oxygen atoms in total. The molecule has 1 fully saturated rings. The molecule has 22 heavy (non-hydrogen) atoms. The SMILES string of the molecule is CC(C)[C@H](N)C(=O)NCC(=O)NCC1(N(C)C)CCCCC1. The van der Waals surface area contributed by atoms with Crippen LogP contribution in [0, 0.1) is 5.92 Å². The Morgan fingerprint density at radius 3 is 2.23 bits per heavy atom. The van der Waals surface area contributed by atoms with E-state index >= 15 is 0 Å². The van der Waals surface area contributed by atoms with E-state index in [-0.39, 0.29) is 29.8 Å². The number of nitrogens with two attached hydrogens (primary N) is 1. The van der Waals surface area contributed by atoms with Crippen LogP contribution in [-0.4, -0.2) is 55.5 Å². The summed E-state index contributed by atoms with van der Waals surface area (Å²) in [5, 5.41) is 5.57. The van der Waals surface area contributed by atoms with Crippen molar-refractivity contribution in [2.45, 2.75) is 57.5 Å². The first-order valence-corrected chi connectivity index (χ1v) is 8.26. The van der Waals surface area contributed by atoms with Gasteiger partial charge in [-0.05, 0) is 32.9 Å². The number of hydrogen-bond acceptors (Lipinski definition) is 4. The molecule has 4 N–H and O–H groups in total. The summed E-state index contributed by atoms with van der Waals surface area (Å²) in [5.74, 6) is -0.372. The molecule has 0 aromatic rings. The Balaban J connectivity index is 2.40. The van der Waals surface area contributed by atoms with Crippen LogP contribution >= 0.6 is 0 Å². The summed E-state index contributed by atoms with van der Waals surface area (Å²) in [4.78, 5) is 25.9. The minimum atomic E-state index is -0.570. The molecule has 0 bridgehead atoms. The van der Waals surface area contributed by atoms with Crippen LogP contribution in [0.2, 0.25) is 0 Å². The molecule has 1 rings (SSSR count). The maximum absolute atomic E-state index is 12.0. The first-order valence-electron chi connectivity index (χ1n) is 8.26. The minimum absolute atomic E-state index is 0.0111. The monoisotopic (exact) mass is 312 g/mol. The van der Waals surface area contributed by atoms with E-state index in [1.54, 1.807) is 0 Å². The number of carbonyl (C=O) groups is 2. The third-order valence-electron chi connectivity index (χ3n) is 4.79. The van der Waals surface area contributed by atoms with Crippen molar-refractivity contribution in [1.82, 2.24) is 15.5 Å². The summed E-state index contributed by atoms with van der Waals surface area (Å²) < 4.78 is 0. The van der Waals surface area contributed by atoms with Gasteiger partial charge < -0.3 is 21.3 Å². The van der Waals surface area contributed by atoms with Crippen LogP contribution in [0.5, 0.6) is 0 Å². The van der Waals surface area contributed by atoms with Crippen molar-refractivity contribution >= 4 is 11.8 Å². The molecule has 0 spiro atoms. The van der Waals surface area contributed by atoms with E-state index in [9.17, 15) is 9.59 Å². The van der Waals surface area contributed by atoms with Gasteiger partial charge in [-0.2, -0.15) is 0 Å². The zero-order valence-corrected chi connectivity index (χ0v) is 14.4. The number of nitrogens with zero attached hydrogens (tertiary/aromatic N) is 1. The lowest BCUT2D eigenvalue weighted by Gasteiger charge is -2.43. The second-order valence-electron chi connectivity index (χ2n) is 6.94. The molecule has 1 atom stereocenters. The van der Waals surface area contributed by atoms with Gasteiger partial charge in [-0.15, -0.1) is 0 Å². The highest BCUT2D eigenvalue weighted by Crippen LogP contribution is 2.31. The normalized spacial score (nSPS) is 19.0. The van der Waals surface area contributed by atoms with Crippen molar-refractivity contribution < 1.29 is 9.59 Å². The van der Waals surface area contributed by atoms with E-state index in [1.807, 2.05) is 13.8 Å². The van der Waals surface area contributed by atoms with Crippen LogP contribution in [0.1, 0.15) is 46.0 Å². The Labute approximate surface area is 134 Å². The van der Waals surface area contributed by atoms with Crippen LogP contribution in [0.4, 0.5) is 0 Å². The largest absolute Gasteiger partial charge is 0.353 e. The molecule has 0 aromatic heterocycles. The van der Waals surface area contributed by atoms with E-state index in [1.165, 1.54) is 19.3 Å². The second kappa shape index (κ2) is 8.48. The quantitative estimate of drug-likeness (QED) is 0.637. The second-order valence-corrected chi connectivity index (χ2v) is 6.94. The molecule has 6 heteroatoms. The van der Waals surface area contributed by atoms with E-state index in [0.29, 0.717) is 6.54 Å². The summed E-state index contributed by atoms with van der Waals surface area (Å²) in [6, 6.07) is -0.570. The molecule has 1 saturated carbocycles. The average molecular weight is 312 g/mol. The van der Waals surface area contributed by atoms with E-state index in [4.69, 9.17) is 5.73 Å². The molecule has 128 valence electrons. The summed E-state index contributed by atoms with van der Waals surface area (Å²) >= 11 is 0. The fraction of sp³-hybridized carbons (Fsp3) is 0.875. The van der Waals surface area contributed by atoms with Gasteiger partial charge in [0.2, 0.25) is 11.8 Å². The highest BCUT2D eigenvalue weighted by molar-refractivity contribution is 5.87. The molecular weight excluding hydrogens is 280 g/mol. The fourth-order valence-electron chi connectivity index (χ4n) is 2.91. The third kappa shape index (κ3) is 5.25. The van der Waals surface area contributed by atoms with E-state index in [2.05, 4.69) is 29.6 Å². The van der Waals surface area contributed by atoms with Crippen molar-refractivity contribution in [2.24, 2.45) is 11.7 Å². The van der Waals surface area contributed by atoms with Gasteiger partial charge in [-0.25, -0.2) is 0 Å². The zero-order valence-electron chi connectivity index (χ0n) is 14.4. The van der Waals surface area contributed by atoms with Gasteiger partial charge in [0, 0.05) is 12.1 Å². The van der Waals surface area contributed by atoms with Crippen LogP contribution in [-0.2, 0) is 9.59 Å². The predicted molar refractivity (Wildman–Crippen MR) is 88.3 cm³/mol. The third-order valence-corrected chi connectivity index (χ3v) is 4.79. The summed E-state index contributed by atoms with van der Waals surface area (Å²) in [6.45, 7) is 4.39. The van der Waals surface area contributed by atoms with Gasteiger partial charge in [0.05, 0.1) is 12.6 Å². The maximum Gasteiger partial charge on any atom is 0.239 e. The Morgan fingerprint density at radius 2 is 1.73 bits per heavy atom. The Hall–Kier alpha value is -1.14. The van der Waals surface area contributed by atoms with Crippen LogP contribution < -0.4 is 16.4 Å². The van der Waals surface area contributed by atoms with Gasteiger partial charge in [0.15, 0.2) is 0 Å². The number of hydrogen-bond donors (Lipinski definition) is 3. The lowest BCUT2D eigenvalue weighted by Crippen LogP contribution is -2.55. The molecular formula is C16H32N4O2. The van der Waals surface area contributed by atoms with E-state index in [0.717, 1.165) is 12.8 Å². The molecule has 0 heterocycles. The Kier molecular flexibility index (Phi) is 7.29. The Morgan fingerprint density at radius 1 is 1.14 bits per heavy atom. The standard InChI is InChI=1S/C16H32N4O2/c1-12(2)14(17)15(22)18-10-13(21)19-11-16(20(3)4)8-6-5-7-9-16/h12,14H,5-11,17H2,1-4H3,(H,18,22)(H,19,21)/t14-/m0/s1. The van der Waals surface area contributed by atoms with Gasteiger partial charge >= 0.3 is 0 Å². The van der Waals surface area contributed by atoms with Crippen molar-refractivity contribution in [3.63, 3.8) is 0 Å². The minimum Gasteiger partial charge on any atom is -0.353 e. The van der Waals surface area contributed by atoms with Gasteiger partial charge in [-0.3, -0.25) is 9.59 Å². The van der Waals surface area contributed by atoms with Crippen LogP contribution in [0.25, 0.3) is 0 Å². The van der Waals surface area contributed by atoms with Gasteiger partial charge in [0.25, 0.3) is 0 Å². The van der Waals surface area contributed by atoms with E-state index < -0.39 is 6.04 Å². The lowest BCUT2D eigenvalue weighted by atomic mass is 9.80. The molecule has 0 aliphatic heterocycles. The molecule has 2 amide bonds. The predicted octanol–water partition coefficient (Wildman–Crippen LogP) is 0.467. The van der Waals surface area contributed by atoms with Crippen molar-refractivity contribution in [3.8, 4) is 0 Å². The number of rotatable bonds is 7. The lowest BCUT2D eigenvalue weighted by molar-refractivity contribution is -0.127. The molecule has 1 aliphatic rings. The Bertz CT molecular complexity index is 376. The number of nitrogens with one attached hydrogen (secondary N) is 2. The highest BCUT2D eigenvalue weighted by Gasteiger charge is 2.34. The van der Waals surface area contributed by atoms with Crippen molar-refractivity contribution in [3.05, 3.63) is 0 Å². The summed E-state index contributed by atoms with van der Waals surface area (Å²) in [6.07, 6.45) is 5.88. The summed E-state index contributed by atoms with van der Waals surface area (Å²) in [7, 11) is 4.14. The van der Waals surface area contributed by atoms with Crippen molar-refractivity contribution in [2.75, 3.05) is 27.2 Å². The first kappa shape index (κ1) is 18.9. The number of likely N-dealkylation sites (N-methyl/N-ethyl adjacent to an activating group) is 1. The molecule has 0 unspecified atom stereocenters. The topological polar surface area (TPSA) is 87.5 Å².